The van der Waals surface area contributed by atoms with E-state index in [0.717, 1.165) is 36.5 Å². The number of thiophene rings is 1. The van der Waals surface area contributed by atoms with Crippen LogP contribution in [0.3, 0.4) is 0 Å². The maximum atomic E-state index is 13.0. The molecule has 0 amide bonds. The molecule has 0 bridgehead atoms. The number of aryl methyl sites for hydroxylation is 1. The molecule has 23 heavy (non-hydrogen) atoms. The Bertz CT molecular complexity index is 715. The third-order valence-electron chi connectivity index (χ3n) is 4.68. The highest BCUT2D eigenvalue weighted by molar-refractivity contribution is 7.10. The molecule has 1 fully saturated rings. The molecule has 2 aromatic rings. The van der Waals surface area contributed by atoms with Gasteiger partial charge in [0.25, 0.3) is 5.56 Å². The lowest BCUT2D eigenvalue weighted by molar-refractivity contribution is 0.185. The van der Waals surface area contributed by atoms with Gasteiger partial charge in [-0.2, -0.15) is 0 Å². The van der Waals surface area contributed by atoms with Crippen LogP contribution in [0.15, 0.2) is 28.4 Å². The molecule has 1 aliphatic rings. The van der Waals surface area contributed by atoms with Gasteiger partial charge in [-0.1, -0.05) is 12.5 Å². The summed E-state index contributed by atoms with van der Waals surface area (Å²) >= 11 is 1.65. The standard InChI is InChI=1S/C18H24N2O2S/c1-3-20-13(2)12-14(21)16(18(20)22)17(15-8-7-11-23-15)19-9-5-4-6-10-19/h7-8,11-12,17,21H,3-6,9-10H2,1-2H3/t17-/m1/s1. The summed E-state index contributed by atoms with van der Waals surface area (Å²) in [5.41, 5.74) is 1.28. The van der Waals surface area contributed by atoms with Crippen molar-refractivity contribution in [3.05, 3.63) is 50.1 Å². The normalized spacial score (nSPS) is 17.3. The summed E-state index contributed by atoms with van der Waals surface area (Å²) in [6.45, 7) is 6.41. The molecule has 0 radical (unpaired) electrons. The molecule has 3 heterocycles. The van der Waals surface area contributed by atoms with E-state index < -0.39 is 0 Å². The van der Waals surface area contributed by atoms with Gasteiger partial charge in [-0.15, -0.1) is 11.3 Å². The van der Waals surface area contributed by atoms with E-state index in [1.807, 2.05) is 25.3 Å². The molecule has 1 N–H and O–H groups in total. The van der Waals surface area contributed by atoms with E-state index in [-0.39, 0.29) is 17.4 Å². The number of hydrogen-bond donors (Lipinski definition) is 1. The van der Waals surface area contributed by atoms with Gasteiger partial charge in [0.1, 0.15) is 5.75 Å². The van der Waals surface area contributed by atoms with E-state index in [1.165, 1.54) is 6.42 Å². The average molecular weight is 332 g/mol. The maximum absolute atomic E-state index is 13.0. The summed E-state index contributed by atoms with van der Waals surface area (Å²) in [4.78, 5) is 16.5. The Morgan fingerprint density at radius 3 is 2.65 bits per heavy atom. The number of rotatable bonds is 4. The Balaban J connectivity index is 2.15. The number of hydrogen-bond acceptors (Lipinski definition) is 4. The first-order valence-corrected chi connectivity index (χ1v) is 9.22. The zero-order valence-electron chi connectivity index (χ0n) is 13.8. The van der Waals surface area contributed by atoms with Crippen LogP contribution in [0, 0.1) is 6.92 Å². The highest BCUT2D eigenvalue weighted by Crippen LogP contribution is 2.36. The summed E-state index contributed by atoms with van der Waals surface area (Å²) < 4.78 is 1.75. The summed E-state index contributed by atoms with van der Waals surface area (Å²) in [5.74, 6) is 0.126. The molecule has 0 spiro atoms. The van der Waals surface area contributed by atoms with Crippen molar-refractivity contribution in [2.45, 2.75) is 45.7 Å². The summed E-state index contributed by atoms with van der Waals surface area (Å²) in [5, 5.41) is 12.6. The SMILES string of the molecule is CCn1c(C)cc(O)c([C@@H](c2cccs2)N2CCCCC2)c1=O. The van der Waals surface area contributed by atoms with Gasteiger partial charge in [-0.3, -0.25) is 9.69 Å². The third kappa shape index (κ3) is 3.08. The largest absolute Gasteiger partial charge is 0.507 e. The van der Waals surface area contributed by atoms with Gasteiger partial charge in [0.05, 0.1) is 11.6 Å². The lowest BCUT2D eigenvalue weighted by atomic mass is 10.00. The Morgan fingerprint density at radius 2 is 2.04 bits per heavy atom. The first-order valence-electron chi connectivity index (χ1n) is 8.34. The molecule has 0 aromatic carbocycles. The lowest BCUT2D eigenvalue weighted by Crippen LogP contribution is -2.38. The number of aromatic nitrogens is 1. The monoisotopic (exact) mass is 332 g/mol. The lowest BCUT2D eigenvalue weighted by Gasteiger charge is -2.34. The predicted octanol–water partition coefficient (Wildman–Crippen LogP) is 3.52. The second kappa shape index (κ2) is 6.89. The maximum Gasteiger partial charge on any atom is 0.259 e. The van der Waals surface area contributed by atoms with Crippen molar-refractivity contribution in [2.75, 3.05) is 13.1 Å². The second-order valence-electron chi connectivity index (χ2n) is 6.15. The molecular weight excluding hydrogens is 308 g/mol. The van der Waals surface area contributed by atoms with Crippen LogP contribution < -0.4 is 5.56 Å². The van der Waals surface area contributed by atoms with Crippen molar-refractivity contribution < 1.29 is 5.11 Å². The van der Waals surface area contributed by atoms with Gasteiger partial charge in [-0.05, 0) is 57.3 Å². The topological polar surface area (TPSA) is 45.5 Å². The van der Waals surface area contributed by atoms with Gasteiger partial charge in [0.15, 0.2) is 0 Å². The smallest absolute Gasteiger partial charge is 0.259 e. The van der Waals surface area contributed by atoms with Crippen molar-refractivity contribution in [3.63, 3.8) is 0 Å². The van der Waals surface area contributed by atoms with Crippen LogP contribution in [0.4, 0.5) is 0 Å². The van der Waals surface area contributed by atoms with Crippen molar-refractivity contribution >= 4 is 11.3 Å². The molecular formula is C18H24N2O2S. The summed E-state index contributed by atoms with van der Waals surface area (Å²) in [6, 6.07) is 5.67. The molecule has 0 aliphatic carbocycles. The number of pyridine rings is 1. The van der Waals surface area contributed by atoms with Crippen LogP contribution in [0.5, 0.6) is 5.75 Å². The van der Waals surface area contributed by atoms with Crippen LogP contribution in [0.25, 0.3) is 0 Å². The fourth-order valence-corrected chi connectivity index (χ4v) is 4.41. The first kappa shape index (κ1) is 16.3. The number of aromatic hydroxyl groups is 1. The summed E-state index contributed by atoms with van der Waals surface area (Å²) in [6.07, 6.45) is 3.54. The van der Waals surface area contributed by atoms with E-state index in [9.17, 15) is 9.90 Å². The van der Waals surface area contributed by atoms with Gasteiger partial charge < -0.3 is 9.67 Å². The van der Waals surface area contributed by atoms with Gasteiger partial charge in [0.2, 0.25) is 0 Å². The minimum Gasteiger partial charge on any atom is -0.507 e. The number of piperidine rings is 1. The minimum absolute atomic E-state index is 0.0611. The molecule has 0 saturated carbocycles. The van der Waals surface area contributed by atoms with Crippen molar-refractivity contribution in [1.82, 2.24) is 9.47 Å². The highest BCUT2D eigenvalue weighted by Gasteiger charge is 2.30. The Morgan fingerprint density at radius 1 is 1.30 bits per heavy atom. The molecule has 5 heteroatoms. The quantitative estimate of drug-likeness (QED) is 0.932. The van der Waals surface area contributed by atoms with Crippen LogP contribution in [-0.2, 0) is 6.54 Å². The van der Waals surface area contributed by atoms with Crippen molar-refractivity contribution in [2.24, 2.45) is 0 Å². The molecule has 4 nitrogen and oxygen atoms in total. The Hall–Kier alpha value is -1.59. The Labute approximate surface area is 141 Å². The average Bonchev–Trinajstić information content (AvgIpc) is 3.06. The second-order valence-corrected chi connectivity index (χ2v) is 7.13. The molecule has 1 saturated heterocycles. The van der Waals surface area contributed by atoms with Crippen LogP contribution in [-0.4, -0.2) is 27.7 Å². The predicted molar refractivity (Wildman–Crippen MR) is 94.4 cm³/mol. The van der Waals surface area contributed by atoms with E-state index in [1.54, 1.807) is 22.0 Å². The zero-order chi connectivity index (χ0) is 16.4. The van der Waals surface area contributed by atoms with Crippen LogP contribution >= 0.6 is 11.3 Å². The molecule has 3 rings (SSSR count). The van der Waals surface area contributed by atoms with Gasteiger partial charge in [0, 0.05) is 17.1 Å². The van der Waals surface area contributed by atoms with Crippen LogP contribution in [0.1, 0.15) is 48.4 Å². The fourth-order valence-electron chi connectivity index (χ4n) is 3.55. The molecule has 1 aliphatic heterocycles. The number of likely N-dealkylation sites (tertiary alicyclic amines) is 1. The van der Waals surface area contributed by atoms with E-state index >= 15 is 0 Å². The van der Waals surface area contributed by atoms with Gasteiger partial charge in [-0.25, -0.2) is 0 Å². The Kier molecular flexibility index (Phi) is 4.87. The molecule has 0 unspecified atom stereocenters. The fraction of sp³-hybridized carbons (Fsp3) is 0.500. The summed E-state index contributed by atoms with van der Waals surface area (Å²) in [7, 11) is 0. The van der Waals surface area contributed by atoms with E-state index in [0.29, 0.717) is 12.1 Å². The van der Waals surface area contributed by atoms with Crippen LogP contribution in [0.2, 0.25) is 0 Å². The molecule has 1 atom stereocenters. The molecule has 2 aromatic heterocycles. The van der Waals surface area contributed by atoms with Crippen molar-refractivity contribution in [3.8, 4) is 5.75 Å². The molecule has 124 valence electrons. The van der Waals surface area contributed by atoms with E-state index in [4.69, 9.17) is 0 Å². The van der Waals surface area contributed by atoms with E-state index in [2.05, 4.69) is 11.0 Å². The first-order chi connectivity index (χ1) is 11.1. The zero-order valence-corrected chi connectivity index (χ0v) is 14.6. The third-order valence-corrected chi connectivity index (χ3v) is 5.61. The van der Waals surface area contributed by atoms with Gasteiger partial charge >= 0.3 is 0 Å². The highest BCUT2D eigenvalue weighted by atomic mass is 32.1. The number of nitrogens with zero attached hydrogens (tertiary/aromatic N) is 2. The van der Waals surface area contributed by atoms with Crippen molar-refractivity contribution in [1.29, 1.82) is 0 Å². The minimum atomic E-state index is -0.138.